The molecule has 0 atom stereocenters. The van der Waals surface area contributed by atoms with Crippen molar-refractivity contribution >= 4 is 11.3 Å². The Morgan fingerprint density at radius 3 is 2.79 bits per heavy atom. The van der Waals surface area contributed by atoms with Gasteiger partial charge in [0.15, 0.2) is 0 Å². The lowest BCUT2D eigenvalue weighted by Gasteiger charge is -1.96. The summed E-state index contributed by atoms with van der Waals surface area (Å²) in [5.74, 6) is -0.0370. The van der Waals surface area contributed by atoms with Crippen molar-refractivity contribution in [3.8, 4) is 11.5 Å². The minimum atomic E-state index is -0.408. The molecule has 2 heterocycles. The van der Waals surface area contributed by atoms with E-state index < -0.39 is 5.76 Å². The molecule has 0 saturated heterocycles. The molecule has 5 heteroatoms. The first-order valence-corrected chi connectivity index (χ1v) is 6.91. The van der Waals surface area contributed by atoms with Gasteiger partial charge in [-0.15, -0.1) is 5.10 Å². The van der Waals surface area contributed by atoms with Gasteiger partial charge in [0.05, 0.1) is 6.54 Å². The smallest absolute Gasteiger partial charge is 0.388 e. The van der Waals surface area contributed by atoms with Gasteiger partial charge < -0.3 is 4.42 Å². The summed E-state index contributed by atoms with van der Waals surface area (Å²) in [6, 6.07) is 11.5. The number of nitrogens with zero attached hydrogens (tertiary/aromatic N) is 2. The van der Waals surface area contributed by atoms with Crippen molar-refractivity contribution in [3.05, 3.63) is 63.3 Å². The Balaban J connectivity index is 1.80. The second-order valence-corrected chi connectivity index (χ2v) is 4.92. The molecule has 0 saturated carbocycles. The largest absolute Gasteiger partial charge is 0.437 e. The summed E-state index contributed by atoms with van der Waals surface area (Å²) >= 11 is 1.65. The average Bonchev–Trinajstić information content (AvgIpc) is 3.07. The van der Waals surface area contributed by atoms with Crippen molar-refractivity contribution in [2.24, 2.45) is 0 Å². The van der Waals surface area contributed by atoms with Crippen LogP contribution >= 0.6 is 11.3 Å². The number of hydrogen-bond donors (Lipinski definition) is 0. The molecule has 3 aromatic rings. The maximum Gasteiger partial charge on any atom is 0.437 e. The number of benzene rings is 1. The molecule has 4 nitrogen and oxygen atoms in total. The number of thiophene rings is 1. The van der Waals surface area contributed by atoms with Crippen molar-refractivity contribution in [1.29, 1.82) is 0 Å². The van der Waals surface area contributed by atoms with E-state index in [2.05, 4.69) is 10.5 Å². The number of hydrogen-bond acceptors (Lipinski definition) is 4. The third kappa shape index (κ3) is 2.66. The molecule has 0 N–H and O–H groups in total. The van der Waals surface area contributed by atoms with E-state index in [-0.39, 0.29) is 0 Å². The van der Waals surface area contributed by atoms with Gasteiger partial charge in [0.2, 0.25) is 5.89 Å². The monoisotopic (exact) mass is 272 g/mol. The maximum absolute atomic E-state index is 11.7. The third-order valence-electron chi connectivity index (χ3n) is 2.82. The SMILES string of the molecule is O=c1oc(-c2ccccc2)nn1CCc1ccsc1. The molecular formula is C14H12N2O2S. The van der Waals surface area contributed by atoms with Crippen molar-refractivity contribution in [2.45, 2.75) is 13.0 Å². The van der Waals surface area contributed by atoms with Crippen LogP contribution in [0.3, 0.4) is 0 Å². The Morgan fingerprint density at radius 2 is 2.05 bits per heavy atom. The standard InChI is InChI=1S/C14H12N2O2S/c17-14-16(8-6-11-7-9-19-10-11)15-13(18-14)12-4-2-1-3-5-12/h1-5,7,9-10H,6,8H2. The highest BCUT2D eigenvalue weighted by molar-refractivity contribution is 7.07. The Labute approximate surface area is 113 Å². The van der Waals surface area contributed by atoms with E-state index in [0.29, 0.717) is 12.4 Å². The fourth-order valence-corrected chi connectivity index (χ4v) is 2.52. The summed E-state index contributed by atoms with van der Waals surface area (Å²) in [7, 11) is 0. The van der Waals surface area contributed by atoms with Crippen LogP contribution < -0.4 is 5.76 Å². The average molecular weight is 272 g/mol. The van der Waals surface area contributed by atoms with Crippen molar-refractivity contribution < 1.29 is 4.42 Å². The van der Waals surface area contributed by atoms with Crippen molar-refractivity contribution in [1.82, 2.24) is 9.78 Å². The van der Waals surface area contributed by atoms with Gasteiger partial charge in [-0.2, -0.15) is 16.0 Å². The first kappa shape index (κ1) is 11.9. The van der Waals surface area contributed by atoms with Gasteiger partial charge in [-0.3, -0.25) is 0 Å². The zero-order valence-electron chi connectivity index (χ0n) is 10.2. The molecule has 0 radical (unpaired) electrons. The molecule has 0 aliphatic rings. The fraction of sp³-hybridized carbons (Fsp3) is 0.143. The van der Waals surface area contributed by atoms with Gasteiger partial charge in [0.25, 0.3) is 0 Å². The highest BCUT2D eigenvalue weighted by Crippen LogP contribution is 2.14. The highest BCUT2D eigenvalue weighted by Gasteiger charge is 2.09. The summed E-state index contributed by atoms with van der Waals surface area (Å²) in [5.41, 5.74) is 2.02. The molecule has 0 spiro atoms. The number of aromatic nitrogens is 2. The van der Waals surface area contributed by atoms with Crippen LogP contribution in [0.15, 0.2) is 56.4 Å². The molecular weight excluding hydrogens is 260 g/mol. The van der Waals surface area contributed by atoms with Gasteiger partial charge in [-0.05, 0) is 40.9 Å². The predicted molar refractivity (Wildman–Crippen MR) is 74.2 cm³/mol. The molecule has 0 fully saturated rings. The number of aryl methyl sites for hydroxylation is 2. The van der Waals surface area contributed by atoms with Crippen molar-refractivity contribution in [2.75, 3.05) is 0 Å². The van der Waals surface area contributed by atoms with E-state index in [1.54, 1.807) is 11.3 Å². The van der Waals surface area contributed by atoms with Crippen LogP contribution in [-0.4, -0.2) is 9.78 Å². The Morgan fingerprint density at radius 1 is 1.21 bits per heavy atom. The van der Waals surface area contributed by atoms with E-state index >= 15 is 0 Å². The molecule has 2 aromatic heterocycles. The Hall–Kier alpha value is -2.14. The lowest BCUT2D eigenvalue weighted by molar-refractivity contribution is 0.481. The van der Waals surface area contributed by atoms with Crippen LogP contribution in [-0.2, 0) is 13.0 Å². The van der Waals surface area contributed by atoms with Gasteiger partial charge in [-0.1, -0.05) is 18.2 Å². The summed E-state index contributed by atoms with van der Waals surface area (Å²) in [5, 5.41) is 8.32. The predicted octanol–water partition coefficient (Wildman–Crippen LogP) is 2.81. The molecule has 0 aliphatic carbocycles. The van der Waals surface area contributed by atoms with E-state index in [4.69, 9.17) is 4.42 Å². The second-order valence-electron chi connectivity index (χ2n) is 4.14. The van der Waals surface area contributed by atoms with Crippen LogP contribution in [0.4, 0.5) is 0 Å². The lowest BCUT2D eigenvalue weighted by atomic mass is 10.2. The minimum Gasteiger partial charge on any atom is -0.388 e. The minimum absolute atomic E-state index is 0.371. The maximum atomic E-state index is 11.7. The van der Waals surface area contributed by atoms with Crippen LogP contribution in [0, 0.1) is 0 Å². The van der Waals surface area contributed by atoms with E-state index in [1.807, 2.05) is 41.8 Å². The van der Waals surface area contributed by atoms with Crippen molar-refractivity contribution in [3.63, 3.8) is 0 Å². The van der Waals surface area contributed by atoms with Crippen LogP contribution in [0.2, 0.25) is 0 Å². The fourth-order valence-electron chi connectivity index (χ4n) is 1.81. The second kappa shape index (κ2) is 5.24. The summed E-state index contributed by atoms with van der Waals surface area (Å²) in [6.07, 6.45) is 0.782. The highest BCUT2D eigenvalue weighted by atomic mass is 32.1. The third-order valence-corrected chi connectivity index (χ3v) is 3.55. The van der Waals surface area contributed by atoms with E-state index in [0.717, 1.165) is 12.0 Å². The molecule has 0 bridgehead atoms. The van der Waals surface area contributed by atoms with Crippen LogP contribution in [0.5, 0.6) is 0 Å². The lowest BCUT2D eigenvalue weighted by Crippen LogP contribution is -2.17. The van der Waals surface area contributed by atoms with Crippen LogP contribution in [0.1, 0.15) is 5.56 Å². The first-order valence-electron chi connectivity index (χ1n) is 5.97. The normalized spacial score (nSPS) is 10.7. The van der Waals surface area contributed by atoms with Crippen LogP contribution in [0.25, 0.3) is 11.5 Å². The summed E-state index contributed by atoms with van der Waals surface area (Å²) in [6.45, 7) is 0.534. The quantitative estimate of drug-likeness (QED) is 0.733. The van der Waals surface area contributed by atoms with Gasteiger partial charge >= 0.3 is 5.76 Å². The molecule has 0 amide bonds. The molecule has 1 aromatic carbocycles. The molecule has 0 aliphatic heterocycles. The van der Waals surface area contributed by atoms with Gasteiger partial charge in [0.1, 0.15) is 0 Å². The zero-order chi connectivity index (χ0) is 13.1. The molecule has 19 heavy (non-hydrogen) atoms. The molecule has 0 unspecified atom stereocenters. The zero-order valence-corrected chi connectivity index (χ0v) is 11.0. The molecule has 96 valence electrons. The van der Waals surface area contributed by atoms with E-state index in [9.17, 15) is 4.79 Å². The Bertz CT molecular complexity index is 699. The van der Waals surface area contributed by atoms with E-state index in [1.165, 1.54) is 10.2 Å². The van der Waals surface area contributed by atoms with Gasteiger partial charge in [0, 0.05) is 5.56 Å². The van der Waals surface area contributed by atoms with Gasteiger partial charge in [-0.25, -0.2) is 4.79 Å². The first-order chi connectivity index (χ1) is 9.33. The topological polar surface area (TPSA) is 48.0 Å². The summed E-state index contributed by atoms with van der Waals surface area (Å²) in [4.78, 5) is 11.7. The Kier molecular flexibility index (Phi) is 3.29. The molecule has 3 rings (SSSR count). The number of rotatable bonds is 4. The summed E-state index contributed by atoms with van der Waals surface area (Å²) < 4.78 is 6.54.